The van der Waals surface area contributed by atoms with Crippen molar-refractivity contribution in [3.05, 3.63) is 84.1 Å². The second-order valence-electron chi connectivity index (χ2n) is 5.63. The van der Waals surface area contributed by atoms with Crippen LogP contribution in [0.3, 0.4) is 0 Å². The van der Waals surface area contributed by atoms with Gasteiger partial charge in [-0.05, 0) is 36.4 Å². The summed E-state index contributed by atoms with van der Waals surface area (Å²) in [5, 5.41) is 0. The van der Waals surface area contributed by atoms with Crippen LogP contribution in [0.25, 0.3) is 0 Å². The van der Waals surface area contributed by atoms with Gasteiger partial charge in [-0.1, -0.05) is 49.7 Å². The van der Waals surface area contributed by atoms with Gasteiger partial charge in [0.15, 0.2) is 0 Å². The van der Waals surface area contributed by atoms with Gasteiger partial charge in [-0.2, -0.15) is 0 Å². The third-order valence-electron chi connectivity index (χ3n) is 3.74. The molecule has 0 amide bonds. The van der Waals surface area contributed by atoms with Crippen LogP contribution in [-0.4, -0.2) is 20.5 Å². The summed E-state index contributed by atoms with van der Waals surface area (Å²) in [7, 11) is -3.22. The summed E-state index contributed by atoms with van der Waals surface area (Å²) in [5.41, 5.74) is 2.37. The van der Waals surface area contributed by atoms with Crippen molar-refractivity contribution < 1.29 is 18.4 Å². The molecule has 4 nitrogen and oxygen atoms in total. The minimum atomic E-state index is -3.22. The van der Waals surface area contributed by atoms with E-state index >= 15 is 0 Å². The minimum absolute atomic E-state index is 0.425. The Morgan fingerprint density at radius 2 is 1.36 bits per heavy atom. The molecule has 5 heteroatoms. The molecule has 0 saturated carbocycles. The highest BCUT2D eigenvalue weighted by molar-refractivity contribution is 6.75. The average molecular weight is 354 g/mol. The Kier molecular flexibility index (Phi) is 6.71. The summed E-state index contributed by atoms with van der Waals surface area (Å²) in [6.07, 6.45) is 1.68. The Morgan fingerprint density at radius 1 is 0.920 bits per heavy atom. The standard InChI is InChI=1S/C20H22O4Si/c1-3-5-16-25(4-2,23-19(21)17-12-8-6-9-13-17)24-20(22)18-14-10-7-11-15-18/h4,6-15H,2-3,5,16H2,1H3. The van der Waals surface area contributed by atoms with Crippen molar-refractivity contribution >= 4 is 20.5 Å². The smallest absolute Gasteiger partial charge is 0.478 e. The van der Waals surface area contributed by atoms with Crippen molar-refractivity contribution in [3.63, 3.8) is 0 Å². The van der Waals surface area contributed by atoms with Crippen molar-refractivity contribution in [2.75, 3.05) is 0 Å². The highest BCUT2D eigenvalue weighted by Gasteiger charge is 2.42. The average Bonchev–Trinajstić information content (AvgIpc) is 2.67. The van der Waals surface area contributed by atoms with E-state index in [2.05, 4.69) is 6.58 Å². The van der Waals surface area contributed by atoms with Gasteiger partial charge in [0, 0.05) is 6.04 Å². The predicted octanol–water partition coefficient (Wildman–Crippen LogP) is 4.67. The van der Waals surface area contributed by atoms with E-state index in [-0.39, 0.29) is 0 Å². The van der Waals surface area contributed by atoms with E-state index < -0.39 is 20.5 Å². The zero-order valence-corrected chi connectivity index (χ0v) is 15.3. The van der Waals surface area contributed by atoms with Crippen LogP contribution in [0.4, 0.5) is 0 Å². The fourth-order valence-corrected chi connectivity index (χ4v) is 4.64. The summed E-state index contributed by atoms with van der Waals surface area (Å²) in [4.78, 5) is 24.9. The third-order valence-corrected chi connectivity index (χ3v) is 6.47. The fourth-order valence-electron chi connectivity index (χ4n) is 2.31. The van der Waals surface area contributed by atoms with Gasteiger partial charge in [-0.15, -0.1) is 6.58 Å². The number of hydrogen-bond acceptors (Lipinski definition) is 4. The molecule has 0 radical (unpaired) electrons. The first kappa shape index (κ1) is 18.7. The number of carbonyl (C=O) groups is 2. The van der Waals surface area contributed by atoms with Crippen molar-refractivity contribution in [1.82, 2.24) is 0 Å². The first-order valence-electron chi connectivity index (χ1n) is 8.30. The molecule has 0 heterocycles. The van der Waals surface area contributed by atoms with E-state index in [1.165, 1.54) is 5.70 Å². The summed E-state index contributed by atoms with van der Waals surface area (Å²) in [6.45, 7) is 5.81. The molecular formula is C20H22O4Si. The molecule has 0 bridgehead atoms. The first-order chi connectivity index (χ1) is 12.1. The second kappa shape index (κ2) is 8.99. The maximum atomic E-state index is 12.5. The largest absolute Gasteiger partial charge is 0.491 e. The van der Waals surface area contributed by atoms with Gasteiger partial charge in [0.2, 0.25) is 0 Å². The summed E-state index contributed by atoms with van der Waals surface area (Å²) < 4.78 is 11.4. The van der Waals surface area contributed by atoms with Crippen LogP contribution in [0.1, 0.15) is 40.5 Å². The number of unbranched alkanes of at least 4 members (excludes halogenated alkanes) is 1. The summed E-state index contributed by atoms with van der Waals surface area (Å²) >= 11 is 0. The zero-order valence-electron chi connectivity index (χ0n) is 14.3. The van der Waals surface area contributed by atoms with Crippen LogP contribution in [-0.2, 0) is 8.85 Å². The Bertz CT molecular complexity index is 659. The number of carbonyl (C=O) groups excluding carboxylic acids is 2. The van der Waals surface area contributed by atoms with Crippen LogP contribution in [0, 0.1) is 0 Å². The lowest BCUT2D eigenvalue weighted by Gasteiger charge is -2.26. The van der Waals surface area contributed by atoms with Gasteiger partial charge in [0.1, 0.15) is 0 Å². The van der Waals surface area contributed by atoms with Gasteiger partial charge in [-0.25, -0.2) is 9.59 Å². The SMILES string of the molecule is C=C[Si](CCCC)(OC(=O)c1ccccc1)OC(=O)c1ccccc1. The van der Waals surface area contributed by atoms with Crippen LogP contribution in [0.2, 0.25) is 6.04 Å². The molecule has 2 rings (SSSR count). The Morgan fingerprint density at radius 3 is 1.72 bits per heavy atom. The van der Waals surface area contributed by atoms with Crippen LogP contribution in [0.5, 0.6) is 0 Å². The molecule has 0 aliphatic rings. The lowest BCUT2D eigenvalue weighted by Crippen LogP contribution is -2.44. The molecule has 0 saturated heterocycles. The molecule has 130 valence electrons. The lowest BCUT2D eigenvalue weighted by molar-refractivity contribution is 0.0575. The molecule has 0 N–H and O–H groups in total. The Labute approximate surface area is 149 Å². The molecule has 0 aliphatic carbocycles. The van der Waals surface area contributed by atoms with E-state index in [0.717, 1.165) is 12.8 Å². The van der Waals surface area contributed by atoms with Gasteiger partial charge >= 0.3 is 20.5 Å². The number of hydrogen-bond donors (Lipinski definition) is 0. The molecule has 0 fully saturated rings. The predicted molar refractivity (Wildman–Crippen MR) is 99.4 cm³/mol. The van der Waals surface area contributed by atoms with Crippen LogP contribution >= 0.6 is 0 Å². The highest BCUT2D eigenvalue weighted by Crippen LogP contribution is 2.22. The van der Waals surface area contributed by atoms with E-state index in [1.54, 1.807) is 48.5 Å². The van der Waals surface area contributed by atoms with Crippen molar-refractivity contribution in [2.45, 2.75) is 25.8 Å². The van der Waals surface area contributed by atoms with Crippen molar-refractivity contribution in [1.29, 1.82) is 0 Å². The molecule has 0 aromatic heterocycles. The maximum Gasteiger partial charge on any atom is 0.491 e. The molecule has 2 aromatic rings. The van der Waals surface area contributed by atoms with Crippen LogP contribution in [0.15, 0.2) is 72.9 Å². The first-order valence-corrected chi connectivity index (χ1v) is 10.4. The minimum Gasteiger partial charge on any atom is -0.478 e. The van der Waals surface area contributed by atoms with Crippen LogP contribution < -0.4 is 0 Å². The van der Waals surface area contributed by atoms with Crippen molar-refractivity contribution in [3.8, 4) is 0 Å². The molecule has 0 unspecified atom stereocenters. The number of rotatable bonds is 8. The molecule has 0 spiro atoms. The quantitative estimate of drug-likeness (QED) is 0.647. The number of benzene rings is 2. The van der Waals surface area contributed by atoms with E-state index in [4.69, 9.17) is 8.85 Å². The van der Waals surface area contributed by atoms with E-state index in [9.17, 15) is 9.59 Å². The zero-order chi connectivity index (χ0) is 18.1. The van der Waals surface area contributed by atoms with Crippen molar-refractivity contribution in [2.24, 2.45) is 0 Å². The molecule has 0 atom stereocenters. The molecule has 25 heavy (non-hydrogen) atoms. The van der Waals surface area contributed by atoms with E-state index in [1.807, 2.05) is 19.1 Å². The fraction of sp³-hybridized carbons (Fsp3) is 0.200. The maximum absolute atomic E-state index is 12.5. The second-order valence-corrected chi connectivity index (χ2v) is 8.57. The van der Waals surface area contributed by atoms with Gasteiger partial charge in [0.25, 0.3) is 0 Å². The lowest BCUT2D eigenvalue weighted by atomic mass is 10.2. The summed E-state index contributed by atoms with van der Waals surface area (Å²) in [5.74, 6) is -0.992. The highest BCUT2D eigenvalue weighted by atomic mass is 28.4. The van der Waals surface area contributed by atoms with E-state index in [0.29, 0.717) is 17.2 Å². The normalized spacial score (nSPS) is 10.8. The summed E-state index contributed by atoms with van der Waals surface area (Å²) in [6, 6.07) is 17.9. The van der Waals surface area contributed by atoms with Gasteiger partial charge in [-0.3, -0.25) is 0 Å². The molecular weight excluding hydrogens is 332 g/mol. The molecule has 2 aromatic carbocycles. The third kappa shape index (κ3) is 5.16. The topological polar surface area (TPSA) is 52.6 Å². The Balaban J connectivity index is 2.22. The van der Waals surface area contributed by atoms with Gasteiger partial charge < -0.3 is 8.85 Å². The monoisotopic (exact) mass is 354 g/mol. The molecule has 0 aliphatic heterocycles. The van der Waals surface area contributed by atoms with Gasteiger partial charge in [0.05, 0.1) is 11.1 Å². The Hall–Kier alpha value is -2.66.